The van der Waals surface area contributed by atoms with E-state index in [4.69, 9.17) is 4.42 Å². The number of imide groups is 1. The number of nitrogens with zero attached hydrogens (tertiary/aromatic N) is 6. The number of aromatic nitrogens is 4. The minimum absolute atomic E-state index is 0.0270. The molecule has 3 N–H and O–H groups in total. The van der Waals surface area contributed by atoms with Crippen molar-refractivity contribution >= 4 is 40.5 Å². The molecule has 0 spiro atoms. The molecule has 6 heterocycles. The van der Waals surface area contributed by atoms with Crippen LogP contribution in [0.5, 0.6) is 0 Å². The van der Waals surface area contributed by atoms with Crippen molar-refractivity contribution in [3.63, 3.8) is 0 Å². The van der Waals surface area contributed by atoms with Crippen LogP contribution in [0.1, 0.15) is 70.3 Å². The van der Waals surface area contributed by atoms with Crippen LogP contribution in [0.3, 0.4) is 0 Å². The Bertz CT molecular complexity index is 2560. The second-order valence-electron chi connectivity index (χ2n) is 16.9. The molecular formula is C45H50FN9O6. The Morgan fingerprint density at radius 3 is 2.51 bits per heavy atom. The minimum Gasteiger partial charge on any atom is -0.408 e. The highest BCUT2D eigenvalue weighted by molar-refractivity contribution is 6.00. The number of piperidine rings is 3. The third-order valence-electron chi connectivity index (χ3n) is 12.9. The quantitative estimate of drug-likeness (QED) is 0.165. The monoisotopic (exact) mass is 831 g/mol. The predicted octanol–water partition coefficient (Wildman–Crippen LogP) is 4.79. The largest absolute Gasteiger partial charge is 0.420 e. The molecule has 5 aromatic rings. The molecule has 15 nitrogen and oxygen atoms in total. The number of nitrogens with one attached hydrogen (secondary N) is 3. The number of fused-ring (bicyclic) bond motifs is 1. The van der Waals surface area contributed by atoms with Crippen molar-refractivity contribution in [2.75, 3.05) is 42.9 Å². The van der Waals surface area contributed by atoms with Gasteiger partial charge in [-0.3, -0.25) is 33.6 Å². The lowest BCUT2D eigenvalue weighted by atomic mass is 9.84. The van der Waals surface area contributed by atoms with E-state index in [2.05, 4.69) is 35.7 Å². The zero-order valence-electron chi connectivity index (χ0n) is 33.9. The van der Waals surface area contributed by atoms with Crippen LogP contribution in [0.15, 0.2) is 87.1 Å². The molecule has 3 unspecified atom stereocenters. The number of pyridine rings is 1. The van der Waals surface area contributed by atoms with Crippen LogP contribution in [-0.4, -0.2) is 86.5 Å². The summed E-state index contributed by atoms with van der Waals surface area (Å²) in [7, 11) is 0. The SMILES string of the molecule is O=C1CCC(n2c(=O)oc3cc(N4CCC(CN5CCC(NC(=O)C6CCCC(Nc7ncc(F)c(-c8cccc(-n9ccccc9=O)c8)n7)C6)CC5)CC4)ccc32)C(=O)N1. The van der Waals surface area contributed by atoms with Crippen LogP contribution >= 0.6 is 0 Å². The number of benzene rings is 2. The summed E-state index contributed by atoms with van der Waals surface area (Å²) in [4.78, 5) is 76.4. The van der Waals surface area contributed by atoms with Gasteiger partial charge in [0.1, 0.15) is 11.7 Å². The number of halogens is 1. The number of oxazole rings is 1. The summed E-state index contributed by atoms with van der Waals surface area (Å²) in [5.74, 6) is -1.14. The summed E-state index contributed by atoms with van der Waals surface area (Å²) in [6.07, 6.45) is 10.4. The first kappa shape index (κ1) is 40.3. The standard InChI is InChI=1S/C45H50FN9O6/c46-35-26-47-44(51-41(35)29-5-4-8-34(24-29)54-18-2-1-9-40(54)57)49-32-7-3-6-30(23-32)42(58)48-31-16-19-52(20-17-31)27-28-14-21-53(22-15-28)33-10-11-36-38(25-33)61-45(60)55(36)37-12-13-39(56)50-43(37)59/h1-2,4-5,8-11,18,24-26,28,30-32,37H,3,6-7,12-17,19-23,27H2,(H,48,58)(H,47,49,51)(H,50,56,59). The molecule has 16 heteroatoms. The fourth-order valence-electron chi connectivity index (χ4n) is 9.59. The van der Waals surface area contributed by atoms with Gasteiger partial charge in [0.05, 0.1) is 11.7 Å². The molecule has 3 aliphatic heterocycles. The van der Waals surface area contributed by atoms with Gasteiger partial charge in [-0.2, -0.15) is 0 Å². The van der Waals surface area contributed by atoms with Crippen molar-refractivity contribution in [1.29, 1.82) is 0 Å². The first-order valence-corrected chi connectivity index (χ1v) is 21.5. The molecule has 3 saturated heterocycles. The van der Waals surface area contributed by atoms with E-state index in [1.165, 1.54) is 15.2 Å². The Morgan fingerprint density at radius 2 is 1.70 bits per heavy atom. The van der Waals surface area contributed by atoms with Crippen LogP contribution in [0.25, 0.3) is 28.0 Å². The van der Waals surface area contributed by atoms with Gasteiger partial charge >= 0.3 is 5.76 Å². The summed E-state index contributed by atoms with van der Waals surface area (Å²) in [5.41, 5.74) is 3.04. The van der Waals surface area contributed by atoms with E-state index < -0.39 is 23.5 Å². The molecule has 4 aliphatic rings. The van der Waals surface area contributed by atoms with E-state index in [9.17, 15) is 24.0 Å². The molecule has 2 aromatic carbocycles. The highest BCUT2D eigenvalue weighted by atomic mass is 19.1. The number of hydrogen-bond donors (Lipinski definition) is 3. The Kier molecular flexibility index (Phi) is 11.5. The van der Waals surface area contributed by atoms with Crippen LogP contribution in [0.2, 0.25) is 0 Å². The van der Waals surface area contributed by atoms with Crippen molar-refractivity contribution in [2.45, 2.75) is 82.3 Å². The van der Waals surface area contributed by atoms with Gasteiger partial charge in [0.15, 0.2) is 11.4 Å². The van der Waals surface area contributed by atoms with E-state index in [1.807, 2.05) is 18.2 Å². The summed E-state index contributed by atoms with van der Waals surface area (Å²) in [6, 6.07) is 17.0. The number of rotatable bonds is 10. The number of carbonyl (C=O) groups excluding carboxylic acids is 3. The Labute approximate surface area is 351 Å². The van der Waals surface area contributed by atoms with Crippen LogP contribution in [-0.2, 0) is 14.4 Å². The van der Waals surface area contributed by atoms with E-state index in [0.29, 0.717) is 40.6 Å². The van der Waals surface area contributed by atoms with Gasteiger partial charge in [0.2, 0.25) is 23.7 Å². The van der Waals surface area contributed by atoms with Crippen LogP contribution < -0.4 is 32.2 Å². The maximum Gasteiger partial charge on any atom is 0.420 e. The van der Waals surface area contributed by atoms with Gasteiger partial charge in [-0.15, -0.1) is 0 Å². The third kappa shape index (κ3) is 8.85. The molecular weight excluding hydrogens is 782 g/mol. The summed E-state index contributed by atoms with van der Waals surface area (Å²) >= 11 is 0. The summed E-state index contributed by atoms with van der Waals surface area (Å²) in [5, 5.41) is 9.05. The second-order valence-corrected chi connectivity index (χ2v) is 16.9. The van der Waals surface area contributed by atoms with Gasteiger partial charge < -0.3 is 24.9 Å². The second kappa shape index (κ2) is 17.4. The smallest absolute Gasteiger partial charge is 0.408 e. The normalized spacial score (nSPS) is 22.0. The average Bonchev–Trinajstić information content (AvgIpc) is 3.60. The van der Waals surface area contributed by atoms with Crippen molar-refractivity contribution in [2.24, 2.45) is 11.8 Å². The Balaban J connectivity index is 0.727. The maximum atomic E-state index is 15.1. The number of carbonyl (C=O) groups is 3. The number of amides is 3. The first-order valence-electron chi connectivity index (χ1n) is 21.5. The molecule has 3 atom stereocenters. The number of anilines is 2. The fourth-order valence-corrected chi connectivity index (χ4v) is 9.59. The maximum absolute atomic E-state index is 15.1. The highest BCUT2D eigenvalue weighted by Gasteiger charge is 2.33. The topological polar surface area (TPSA) is 177 Å². The van der Waals surface area contributed by atoms with Crippen LogP contribution in [0, 0.1) is 17.7 Å². The van der Waals surface area contributed by atoms with E-state index in [1.54, 1.807) is 42.6 Å². The molecule has 61 heavy (non-hydrogen) atoms. The first-order chi connectivity index (χ1) is 29.6. The lowest BCUT2D eigenvalue weighted by molar-refractivity contribution is -0.135. The predicted molar refractivity (Wildman–Crippen MR) is 227 cm³/mol. The Morgan fingerprint density at radius 1 is 0.869 bits per heavy atom. The molecule has 0 radical (unpaired) electrons. The molecule has 1 aliphatic carbocycles. The summed E-state index contributed by atoms with van der Waals surface area (Å²) in [6.45, 7) is 4.68. The molecule has 9 rings (SSSR count). The lowest BCUT2D eigenvalue weighted by Gasteiger charge is -2.39. The lowest BCUT2D eigenvalue weighted by Crippen LogP contribution is -2.48. The number of hydrogen-bond acceptors (Lipinski definition) is 11. The minimum atomic E-state index is -0.767. The van der Waals surface area contributed by atoms with Gasteiger partial charge in [-0.1, -0.05) is 24.6 Å². The van der Waals surface area contributed by atoms with Crippen molar-refractivity contribution in [1.82, 2.24) is 34.6 Å². The van der Waals surface area contributed by atoms with E-state index in [-0.39, 0.29) is 53.9 Å². The van der Waals surface area contributed by atoms with Gasteiger partial charge in [-0.05, 0) is 87.6 Å². The summed E-state index contributed by atoms with van der Waals surface area (Å²) < 4.78 is 23.5. The van der Waals surface area contributed by atoms with E-state index in [0.717, 1.165) is 89.6 Å². The molecule has 4 fully saturated rings. The molecule has 318 valence electrons. The molecule has 0 bridgehead atoms. The molecule has 3 aromatic heterocycles. The van der Waals surface area contributed by atoms with Gasteiger partial charge in [0, 0.05) is 92.4 Å². The molecule has 1 saturated carbocycles. The van der Waals surface area contributed by atoms with Crippen molar-refractivity contribution in [3.05, 3.63) is 99.8 Å². The van der Waals surface area contributed by atoms with Gasteiger partial charge in [0.25, 0.3) is 5.56 Å². The van der Waals surface area contributed by atoms with Crippen LogP contribution in [0.4, 0.5) is 16.0 Å². The molecule has 3 amide bonds. The average molecular weight is 832 g/mol. The number of likely N-dealkylation sites (tertiary alicyclic amines) is 1. The fraction of sp³-hybridized carbons (Fsp3) is 0.444. The zero-order valence-corrected chi connectivity index (χ0v) is 33.9. The Hall–Kier alpha value is -6.16. The van der Waals surface area contributed by atoms with Gasteiger partial charge in [-0.25, -0.2) is 19.2 Å². The third-order valence-corrected chi connectivity index (χ3v) is 12.9. The van der Waals surface area contributed by atoms with E-state index >= 15 is 4.39 Å². The van der Waals surface area contributed by atoms with Crippen molar-refractivity contribution < 1.29 is 23.2 Å². The zero-order chi connectivity index (χ0) is 42.0. The van der Waals surface area contributed by atoms with Crippen molar-refractivity contribution in [3.8, 4) is 16.9 Å². The highest BCUT2D eigenvalue weighted by Crippen LogP contribution is 2.31.